The van der Waals surface area contributed by atoms with E-state index >= 15 is 0 Å². The highest BCUT2D eigenvalue weighted by Crippen LogP contribution is 2.17. The van der Waals surface area contributed by atoms with Gasteiger partial charge in [0.25, 0.3) is 0 Å². The molecule has 0 aromatic rings. The third-order valence-corrected chi connectivity index (χ3v) is 12.6. The van der Waals surface area contributed by atoms with E-state index in [1.54, 1.807) is 6.08 Å². The minimum Gasteiger partial charge on any atom is -0.394 e. The zero-order valence-electron chi connectivity index (χ0n) is 40.7. The second-order valence-electron chi connectivity index (χ2n) is 18.7. The number of hydrogen-bond donors (Lipinski definition) is 3. The molecule has 0 aromatic carbocycles. The molecule has 0 radical (unpaired) electrons. The summed E-state index contributed by atoms with van der Waals surface area (Å²) in [6.07, 6.45) is 70.1. The average molecular weight is 842 g/mol. The molecule has 4 heteroatoms. The van der Waals surface area contributed by atoms with Gasteiger partial charge in [-0.3, -0.25) is 4.79 Å². The maximum atomic E-state index is 12.5. The minimum atomic E-state index is -0.839. The number of rotatable bonds is 50. The number of hydrogen-bond acceptors (Lipinski definition) is 3. The van der Waals surface area contributed by atoms with E-state index in [0.717, 1.165) is 32.1 Å². The first-order chi connectivity index (χ1) is 29.7. The molecule has 60 heavy (non-hydrogen) atoms. The number of aliphatic hydroxyl groups excluding tert-OH is 2. The molecular weight excluding hydrogens is 735 g/mol. The van der Waals surface area contributed by atoms with Crippen molar-refractivity contribution in [3.05, 3.63) is 36.5 Å². The molecular formula is C56H107NO3. The Morgan fingerprint density at radius 3 is 1.00 bits per heavy atom. The first-order valence-electron chi connectivity index (χ1n) is 27.2. The molecule has 0 rings (SSSR count). The van der Waals surface area contributed by atoms with Gasteiger partial charge in [0.15, 0.2) is 0 Å². The molecule has 0 heterocycles. The number of carbonyl (C=O) groups excluding carboxylic acids is 1. The van der Waals surface area contributed by atoms with Crippen LogP contribution in [-0.4, -0.2) is 34.9 Å². The lowest BCUT2D eigenvalue weighted by Crippen LogP contribution is -2.45. The highest BCUT2D eigenvalue weighted by molar-refractivity contribution is 5.76. The van der Waals surface area contributed by atoms with Crippen LogP contribution in [0.25, 0.3) is 0 Å². The van der Waals surface area contributed by atoms with Gasteiger partial charge in [-0.25, -0.2) is 0 Å². The quantitative estimate of drug-likeness (QED) is 0.0422. The highest BCUT2D eigenvalue weighted by atomic mass is 16.3. The van der Waals surface area contributed by atoms with Crippen molar-refractivity contribution < 1.29 is 15.0 Å². The third-order valence-electron chi connectivity index (χ3n) is 12.6. The summed E-state index contributed by atoms with van der Waals surface area (Å²) < 4.78 is 0. The fourth-order valence-corrected chi connectivity index (χ4v) is 8.45. The molecule has 3 N–H and O–H groups in total. The van der Waals surface area contributed by atoms with Gasteiger partial charge in [0.1, 0.15) is 0 Å². The molecule has 0 fully saturated rings. The van der Waals surface area contributed by atoms with Gasteiger partial charge < -0.3 is 15.5 Å². The number of amides is 1. The van der Waals surface area contributed by atoms with Crippen molar-refractivity contribution in [3.8, 4) is 0 Å². The van der Waals surface area contributed by atoms with Crippen molar-refractivity contribution in [1.82, 2.24) is 5.32 Å². The number of allylic oxidation sites excluding steroid dienone is 5. The van der Waals surface area contributed by atoms with Crippen LogP contribution >= 0.6 is 0 Å². The van der Waals surface area contributed by atoms with Crippen LogP contribution in [-0.2, 0) is 4.79 Å². The number of unbranched alkanes of at least 4 members (excludes halogenated alkanes) is 39. The second-order valence-corrected chi connectivity index (χ2v) is 18.7. The van der Waals surface area contributed by atoms with Crippen LogP contribution in [0.1, 0.15) is 296 Å². The van der Waals surface area contributed by atoms with Gasteiger partial charge >= 0.3 is 0 Å². The molecule has 0 spiro atoms. The van der Waals surface area contributed by atoms with E-state index in [1.165, 1.54) is 244 Å². The number of carbonyl (C=O) groups is 1. The Morgan fingerprint density at radius 1 is 0.400 bits per heavy atom. The number of nitrogens with one attached hydrogen (secondary N) is 1. The van der Waals surface area contributed by atoms with Gasteiger partial charge in [0.2, 0.25) is 5.91 Å². The molecule has 0 aliphatic carbocycles. The molecule has 4 nitrogen and oxygen atoms in total. The third kappa shape index (κ3) is 47.7. The Bertz CT molecular complexity index is 912. The zero-order valence-corrected chi connectivity index (χ0v) is 40.7. The molecule has 0 saturated heterocycles. The van der Waals surface area contributed by atoms with Crippen LogP contribution < -0.4 is 5.32 Å². The Balaban J connectivity index is 3.49. The fourth-order valence-electron chi connectivity index (χ4n) is 8.45. The predicted octanol–water partition coefficient (Wildman–Crippen LogP) is 17.7. The Hall–Kier alpha value is -1.39. The molecule has 0 saturated carbocycles. The first kappa shape index (κ1) is 58.6. The van der Waals surface area contributed by atoms with E-state index in [9.17, 15) is 15.0 Å². The van der Waals surface area contributed by atoms with E-state index in [4.69, 9.17) is 0 Å². The van der Waals surface area contributed by atoms with Gasteiger partial charge in [-0.1, -0.05) is 275 Å². The van der Waals surface area contributed by atoms with E-state index in [0.29, 0.717) is 6.42 Å². The Kier molecular flexibility index (Phi) is 50.8. The van der Waals surface area contributed by atoms with Crippen molar-refractivity contribution >= 4 is 5.91 Å². The molecule has 354 valence electrons. The van der Waals surface area contributed by atoms with Crippen LogP contribution in [0, 0.1) is 0 Å². The number of aliphatic hydroxyl groups is 2. The first-order valence-corrected chi connectivity index (χ1v) is 27.2. The fraction of sp³-hybridized carbons (Fsp3) is 0.875. The van der Waals surface area contributed by atoms with Crippen molar-refractivity contribution in [2.24, 2.45) is 0 Å². The van der Waals surface area contributed by atoms with Gasteiger partial charge in [-0.15, -0.1) is 0 Å². The smallest absolute Gasteiger partial charge is 0.220 e. The second kappa shape index (κ2) is 52.0. The molecule has 0 aromatic heterocycles. The highest BCUT2D eigenvalue weighted by Gasteiger charge is 2.18. The van der Waals surface area contributed by atoms with Crippen molar-refractivity contribution in [2.45, 2.75) is 309 Å². The van der Waals surface area contributed by atoms with Crippen LogP contribution in [0.3, 0.4) is 0 Å². The van der Waals surface area contributed by atoms with Crippen LogP contribution in [0.15, 0.2) is 36.5 Å². The molecule has 0 bridgehead atoms. The Labute approximate surface area is 376 Å². The minimum absolute atomic E-state index is 0.0615. The van der Waals surface area contributed by atoms with Gasteiger partial charge in [0, 0.05) is 6.42 Å². The summed E-state index contributed by atoms with van der Waals surface area (Å²) in [6.45, 7) is 4.33. The van der Waals surface area contributed by atoms with E-state index < -0.39 is 12.1 Å². The average Bonchev–Trinajstić information content (AvgIpc) is 3.25. The summed E-state index contributed by atoms with van der Waals surface area (Å²) in [6, 6.07) is -0.622. The van der Waals surface area contributed by atoms with Gasteiger partial charge in [-0.2, -0.15) is 0 Å². The van der Waals surface area contributed by atoms with Crippen LogP contribution in [0.5, 0.6) is 0 Å². The van der Waals surface area contributed by atoms with Gasteiger partial charge in [0.05, 0.1) is 18.8 Å². The zero-order chi connectivity index (χ0) is 43.5. The summed E-state index contributed by atoms with van der Waals surface area (Å²) in [5, 5.41) is 23.1. The van der Waals surface area contributed by atoms with E-state index in [2.05, 4.69) is 43.5 Å². The standard InChI is InChI=1S/C56H107NO3/c1-3-5-7-9-11-13-15-17-19-21-23-24-25-26-27-28-29-30-31-32-34-36-38-40-42-44-46-48-50-52-56(60)57-54(53-58)55(59)51-49-47-45-43-41-39-37-35-33-22-20-18-16-14-12-10-8-6-4-2/h23-24,26-27,49,51,54-55,58-59H,3-22,25,28-48,50,52-53H2,1-2H3,(H,57,60)/b24-23-,27-26-,51-49+. The largest absolute Gasteiger partial charge is 0.394 e. The van der Waals surface area contributed by atoms with Crippen LogP contribution in [0.2, 0.25) is 0 Å². The SMILES string of the molecule is CCCCCCCCCCC/C=C\C/C=C\CCCCCCCCCCCCCCCC(=O)NC(CO)C(O)/C=C/CCCCCCCCCCCCCCCCCCC. The summed E-state index contributed by atoms with van der Waals surface area (Å²) in [5.41, 5.74) is 0. The van der Waals surface area contributed by atoms with E-state index in [1.807, 2.05) is 6.08 Å². The van der Waals surface area contributed by atoms with Gasteiger partial charge in [-0.05, 0) is 51.4 Å². The molecule has 2 atom stereocenters. The Morgan fingerprint density at radius 2 is 0.683 bits per heavy atom. The normalized spacial score (nSPS) is 13.1. The summed E-state index contributed by atoms with van der Waals surface area (Å²) in [5.74, 6) is -0.0615. The molecule has 1 amide bonds. The molecule has 0 aliphatic rings. The van der Waals surface area contributed by atoms with Crippen molar-refractivity contribution in [3.63, 3.8) is 0 Å². The van der Waals surface area contributed by atoms with Crippen LogP contribution in [0.4, 0.5) is 0 Å². The van der Waals surface area contributed by atoms with Crippen molar-refractivity contribution in [2.75, 3.05) is 6.61 Å². The molecule has 0 aliphatic heterocycles. The predicted molar refractivity (Wildman–Crippen MR) is 267 cm³/mol. The molecule has 2 unspecified atom stereocenters. The summed E-state index contributed by atoms with van der Waals surface area (Å²) in [4.78, 5) is 12.5. The lowest BCUT2D eigenvalue weighted by molar-refractivity contribution is -0.123. The maximum absolute atomic E-state index is 12.5. The monoisotopic (exact) mass is 842 g/mol. The van der Waals surface area contributed by atoms with Crippen molar-refractivity contribution in [1.29, 1.82) is 0 Å². The lowest BCUT2D eigenvalue weighted by Gasteiger charge is -2.20. The topological polar surface area (TPSA) is 69.6 Å². The maximum Gasteiger partial charge on any atom is 0.220 e. The van der Waals surface area contributed by atoms with E-state index in [-0.39, 0.29) is 12.5 Å². The summed E-state index contributed by atoms with van der Waals surface area (Å²) in [7, 11) is 0. The lowest BCUT2D eigenvalue weighted by atomic mass is 10.0. The summed E-state index contributed by atoms with van der Waals surface area (Å²) >= 11 is 0.